The van der Waals surface area contributed by atoms with E-state index in [1.165, 1.54) is 0 Å². The van der Waals surface area contributed by atoms with Crippen molar-refractivity contribution < 1.29 is 9.84 Å². The van der Waals surface area contributed by atoms with Gasteiger partial charge in [0.05, 0.1) is 18.8 Å². The Morgan fingerprint density at radius 1 is 1.04 bits per heavy atom. The molecule has 1 unspecified atom stereocenters. The molecule has 1 atom stereocenters. The van der Waals surface area contributed by atoms with E-state index in [2.05, 4.69) is 29.7 Å². The highest BCUT2D eigenvalue weighted by Gasteiger charge is 2.27. The summed E-state index contributed by atoms with van der Waals surface area (Å²) in [6.45, 7) is 2.87. The summed E-state index contributed by atoms with van der Waals surface area (Å²) in [7, 11) is 0. The van der Waals surface area contributed by atoms with Gasteiger partial charge in [0.1, 0.15) is 24.1 Å². The molecule has 4 rings (SSSR count). The van der Waals surface area contributed by atoms with Crippen molar-refractivity contribution in [2.45, 2.75) is 37.8 Å². The Bertz CT molecular complexity index is 708. The number of aliphatic hydroxyl groups is 1. The molecule has 4 heterocycles. The third-order valence-corrected chi connectivity index (χ3v) is 5.11. The summed E-state index contributed by atoms with van der Waals surface area (Å²) in [4.78, 5) is 21.6. The van der Waals surface area contributed by atoms with E-state index in [9.17, 15) is 5.11 Å². The maximum absolute atomic E-state index is 9.55. The first-order chi connectivity index (χ1) is 12.8. The maximum atomic E-state index is 9.55. The molecule has 2 fully saturated rings. The molecule has 2 saturated heterocycles. The van der Waals surface area contributed by atoms with Crippen molar-refractivity contribution in [3.63, 3.8) is 0 Å². The predicted molar refractivity (Wildman–Crippen MR) is 97.4 cm³/mol. The number of nitrogens with zero attached hydrogens (tertiary/aromatic N) is 6. The van der Waals surface area contributed by atoms with Crippen LogP contribution in [0.3, 0.4) is 0 Å². The van der Waals surface area contributed by atoms with Gasteiger partial charge in [0.25, 0.3) is 0 Å². The first kappa shape index (κ1) is 17.0. The minimum absolute atomic E-state index is 0.154. The van der Waals surface area contributed by atoms with Crippen molar-refractivity contribution in [1.82, 2.24) is 19.9 Å². The average Bonchev–Trinajstić information content (AvgIpc) is 3.18. The summed E-state index contributed by atoms with van der Waals surface area (Å²) in [5.74, 6) is 2.43. The monoisotopic (exact) mass is 356 g/mol. The Kier molecular flexibility index (Phi) is 5.10. The predicted octanol–water partition coefficient (Wildman–Crippen LogP) is 1.28. The van der Waals surface area contributed by atoms with Crippen LogP contribution in [-0.4, -0.2) is 63.4 Å². The number of hydrogen-bond donors (Lipinski definition) is 1. The van der Waals surface area contributed by atoms with Gasteiger partial charge in [0.15, 0.2) is 0 Å². The summed E-state index contributed by atoms with van der Waals surface area (Å²) < 4.78 is 5.90. The van der Waals surface area contributed by atoms with E-state index >= 15 is 0 Å². The lowest BCUT2D eigenvalue weighted by Gasteiger charge is -2.33. The molecule has 2 aromatic heterocycles. The van der Waals surface area contributed by atoms with Crippen LogP contribution < -0.4 is 14.5 Å². The fourth-order valence-corrected chi connectivity index (χ4v) is 3.71. The molecular formula is C18H24N6O2. The molecule has 0 bridgehead atoms. The normalized spacial score (nSPS) is 21.2. The number of rotatable bonds is 5. The van der Waals surface area contributed by atoms with Crippen LogP contribution in [0.15, 0.2) is 31.0 Å². The van der Waals surface area contributed by atoms with Gasteiger partial charge in [-0.25, -0.2) is 15.0 Å². The van der Waals surface area contributed by atoms with Crippen molar-refractivity contribution in [3.05, 3.63) is 31.0 Å². The van der Waals surface area contributed by atoms with Gasteiger partial charge >= 0.3 is 0 Å². The molecule has 26 heavy (non-hydrogen) atoms. The third-order valence-electron chi connectivity index (χ3n) is 5.11. The number of hydrogen-bond acceptors (Lipinski definition) is 8. The van der Waals surface area contributed by atoms with Crippen LogP contribution in [0, 0.1) is 0 Å². The smallest absolute Gasteiger partial charge is 0.232 e. The van der Waals surface area contributed by atoms with Gasteiger partial charge < -0.3 is 19.6 Å². The molecule has 0 saturated carbocycles. The van der Waals surface area contributed by atoms with Crippen LogP contribution in [-0.2, 0) is 0 Å². The molecule has 138 valence electrons. The van der Waals surface area contributed by atoms with Gasteiger partial charge in [-0.05, 0) is 12.8 Å². The lowest BCUT2D eigenvalue weighted by molar-refractivity contribution is 0.163. The van der Waals surface area contributed by atoms with Crippen LogP contribution >= 0.6 is 0 Å². The zero-order chi connectivity index (χ0) is 17.8. The molecule has 0 aromatic carbocycles. The Labute approximate surface area is 152 Å². The Morgan fingerprint density at radius 2 is 1.88 bits per heavy atom. The molecule has 8 heteroatoms. The van der Waals surface area contributed by atoms with Crippen LogP contribution in [0.4, 0.5) is 11.6 Å². The Hall–Kier alpha value is -2.48. The lowest BCUT2D eigenvalue weighted by atomic mass is 10.1. The highest BCUT2D eigenvalue weighted by Crippen LogP contribution is 2.27. The summed E-state index contributed by atoms with van der Waals surface area (Å²) in [6, 6.07) is 2.21. The highest BCUT2D eigenvalue weighted by atomic mass is 16.5. The van der Waals surface area contributed by atoms with Gasteiger partial charge in [0, 0.05) is 50.9 Å². The topological polar surface area (TPSA) is 87.5 Å². The number of aliphatic hydroxyl groups excluding tert-OH is 1. The minimum Gasteiger partial charge on any atom is -0.473 e. The van der Waals surface area contributed by atoms with Crippen LogP contribution in [0.1, 0.15) is 25.7 Å². The lowest BCUT2D eigenvalue weighted by Crippen LogP contribution is -2.39. The van der Waals surface area contributed by atoms with E-state index in [-0.39, 0.29) is 18.8 Å². The second kappa shape index (κ2) is 7.82. The summed E-state index contributed by atoms with van der Waals surface area (Å²) in [5.41, 5.74) is 0. The molecule has 2 aromatic rings. The van der Waals surface area contributed by atoms with E-state index in [1.54, 1.807) is 24.9 Å². The quantitative estimate of drug-likeness (QED) is 0.857. The summed E-state index contributed by atoms with van der Waals surface area (Å²) >= 11 is 0. The van der Waals surface area contributed by atoms with E-state index < -0.39 is 0 Å². The average molecular weight is 356 g/mol. The molecule has 2 aliphatic rings. The molecule has 0 spiro atoms. The number of piperidine rings is 1. The van der Waals surface area contributed by atoms with Gasteiger partial charge in [0.2, 0.25) is 5.88 Å². The Morgan fingerprint density at radius 3 is 2.65 bits per heavy atom. The number of ether oxygens (including phenoxy) is 1. The fourth-order valence-electron chi connectivity index (χ4n) is 3.71. The van der Waals surface area contributed by atoms with Crippen molar-refractivity contribution in [2.75, 3.05) is 36.0 Å². The van der Waals surface area contributed by atoms with Gasteiger partial charge in [-0.3, -0.25) is 4.98 Å². The first-order valence-corrected chi connectivity index (χ1v) is 9.20. The highest BCUT2D eigenvalue weighted by molar-refractivity contribution is 5.51. The first-order valence-electron chi connectivity index (χ1n) is 9.20. The maximum Gasteiger partial charge on any atom is 0.232 e. The zero-order valence-electron chi connectivity index (χ0n) is 14.7. The molecular weight excluding hydrogens is 332 g/mol. The standard InChI is InChI=1S/C18H24N6O2/c25-12-14-2-1-7-24(14)17-10-16(21-13-22-17)23-8-3-15(4-9-23)26-18-11-19-5-6-20-18/h5-6,10-11,13-15,25H,1-4,7-9,12H2. The molecule has 0 aliphatic carbocycles. The summed E-state index contributed by atoms with van der Waals surface area (Å²) in [6.07, 6.45) is 10.7. The van der Waals surface area contributed by atoms with Gasteiger partial charge in [-0.2, -0.15) is 0 Å². The van der Waals surface area contributed by atoms with Crippen molar-refractivity contribution in [3.8, 4) is 5.88 Å². The van der Waals surface area contributed by atoms with Crippen molar-refractivity contribution in [1.29, 1.82) is 0 Å². The van der Waals surface area contributed by atoms with Gasteiger partial charge in [-0.1, -0.05) is 0 Å². The molecule has 0 radical (unpaired) electrons. The SMILES string of the molecule is OCC1CCCN1c1cc(N2CCC(Oc3cnccn3)CC2)ncn1. The number of aromatic nitrogens is 4. The Balaban J connectivity index is 1.38. The van der Waals surface area contributed by atoms with Crippen LogP contribution in [0.2, 0.25) is 0 Å². The zero-order valence-corrected chi connectivity index (χ0v) is 14.7. The van der Waals surface area contributed by atoms with Crippen LogP contribution in [0.5, 0.6) is 5.88 Å². The molecule has 0 amide bonds. The molecule has 2 aliphatic heterocycles. The molecule has 8 nitrogen and oxygen atoms in total. The second-order valence-electron chi connectivity index (χ2n) is 6.75. The van der Waals surface area contributed by atoms with E-state index in [0.717, 1.165) is 57.0 Å². The molecule has 1 N–H and O–H groups in total. The number of anilines is 2. The fraction of sp³-hybridized carbons (Fsp3) is 0.556. The summed E-state index contributed by atoms with van der Waals surface area (Å²) in [5, 5.41) is 9.55. The van der Waals surface area contributed by atoms with Crippen LogP contribution in [0.25, 0.3) is 0 Å². The van der Waals surface area contributed by atoms with Gasteiger partial charge in [-0.15, -0.1) is 0 Å². The largest absolute Gasteiger partial charge is 0.473 e. The van der Waals surface area contributed by atoms with Crippen molar-refractivity contribution in [2.24, 2.45) is 0 Å². The van der Waals surface area contributed by atoms with E-state index in [1.807, 2.05) is 6.07 Å². The van der Waals surface area contributed by atoms with E-state index in [4.69, 9.17) is 4.74 Å². The second-order valence-corrected chi connectivity index (χ2v) is 6.75. The van der Waals surface area contributed by atoms with Crippen molar-refractivity contribution >= 4 is 11.6 Å². The minimum atomic E-state index is 0.154. The van der Waals surface area contributed by atoms with E-state index in [0.29, 0.717) is 5.88 Å². The third kappa shape index (κ3) is 3.70.